The van der Waals surface area contributed by atoms with Gasteiger partial charge in [-0.15, -0.1) is 11.3 Å². The smallest absolute Gasteiger partial charge is 0.107 e. The van der Waals surface area contributed by atoms with Crippen molar-refractivity contribution >= 4 is 11.3 Å². The molecule has 0 N–H and O–H groups in total. The second-order valence-corrected chi connectivity index (χ2v) is 9.15. The van der Waals surface area contributed by atoms with Gasteiger partial charge in [-0.2, -0.15) is 0 Å². The van der Waals surface area contributed by atoms with Gasteiger partial charge < -0.3 is 9.80 Å². The molecule has 0 bridgehead atoms. The summed E-state index contributed by atoms with van der Waals surface area (Å²) < 4.78 is 0. The molecule has 4 rings (SSSR count). The van der Waals surface area contributed by atoms with Crippen LogP contribution in [0.5, 0.6) is 0 Å². The Morgan fingerprint density at radius 2 is 1.83 bits per heavy atom. The van der Waals surface area contributed by atoms with Crippen LogP contribution in [0, 0.1) is 5.41 Å². The molecule has 1 atom stereocenters. The number of piperidine rings is 2. The van der Waals surface area contributed by atoms with E-state index >= 15 is 0 Å². The summed E-state index contributed by atoms with van der Waals surface area (Å²) in [6, 6.07) is 0.797. The van der Waals surface area contributed by atoms with E-state index in [2.05, 4.69) is 32.1 Å². The molecule has 24 heavy (non-hydrogen) atoms. The van der Waals surface area contributed by atoms with Crippen molar-refractivity contribution in [1.29, 1.82) is 0 Å². The first-order valence-electron chi connectivity index (χ1n) is 9.79. The number of likely N-dealkylation sites (tertiary alicyclic amines) is 2. The Hall–Kier alpha value is -0.490. The summed E-state index contributed by atoms with van der Waals surface area (Å²) in [5.74, 6) is 0. The molecule has 1 unspecified atom stereocenters. The van der Waals surface area contributed by atoms with E-state index in [0.717, 1.165) is 12.6 Å². The Bertz CT molecular complexity index is 503. The first-order valence-corrected chi connectivity index (χ1v) is 10.7. The molecule has 5 heteroatoms. The molecule has 1 aliphatic carbocycles. The van der Waals surface area contributed by atoms with Crippen LogP contribution in [0.4, 0.5) is 0 Å². The van der Waals surface area contributed by atoms with Crippen LogP contribution in [0.3, 0.4) is 0 Å². The molecule has 3 heterocycles. The molecule has 1 aromatic heterocycles. The first-order chi connectivity index (χ1) is 11.8. The highest BCUT2D eigenvalue weighted by molar-refractivity contribution is 7.09. The summed E-state index contributed by atoms with van der Waals surface area (Å²) in [6.45, 7) is 8.91. The molecule has 0 amide bonds. The summed E-state index contributed by atoms with van der Waals surface area (Å²) in [5, 5.41) is 3.35. The van der Waals surface area contributed by atoms with Crippen LogP contribution in [-0.4, -0.2) is 72.0 Å². The number of hydrogen-bond acceptors (Lipinski definition) is 5. The maximum absolute atomic E-state index is 4.44. The molecule has 134 valence electrons. The van der Waals surface area contributed by atoms with E-state index in [0.29, 0.717) is 5.41 Å². The molecule has 2 aliphatic heterocycles. The fourth-order valence-corrected chi connectivity index (χ4v) is 5.51. The predicted octanol–water partition coefficient (Wildman–Crippen LogP) is 2.92. The predicted molar refractivity (Wildman–Crippen MR) is 100 cm³/mol. The Kier molecular flexibility index (Phi) is 5.23. The fourth-order valence-electron chi connectivity index (χ4n) is 4.83. The van der Waals surface area contributed by atoms with E-state index in [1.165, 1.54) is 82.8 Å². The Morgan fingerprint density at radius 1 is 1.12 bits per heavy atom. The van der Waals surface area contributed by atoms with Crippen LogP contribution >= 0.6 is 11.3 Å². The van der Waals surface area contributed by atoms with E-state index in [1.807, 2.05) is 6.20 Å². The third-order valence-electron chi connectivity index (χ3n) is 6.58. The Labute approximate surface area is 150 Å². The molecule has 3 fully saturated rings. The average molecular weight is 349 g/mol. The summed E-state index contributed by atoms with van der Waals surface area (Å²) in [7, 11) is 2.30. The molecule has 4 nitrogen and oxygen atoms in total. The Morgan fingerprint density at radius 3 is 2.50 bits per heavy atom. The van der Waals surface area contributed by atoms with Crippen LogP contribution in [0.1, 0.15) is 43.5 Å². The monoisotopic (exact) mass is 348 g/mol. The van der Waals surface area contributed by atoms with E-state index in [-0.39, 0.29) is 0 Å². The number of aromatic nitrogens is 1. The van der Waals surface area contributed by atoms with Gasteiger partial charge in [-0.3, -0.25) is 4.90 Å². The Balaban J connectivity index is 1.19. The number of nitrogens with zero attached hydrogens (tertiary/aromatic N) is 4. The minimum Gasteiger partial charge on any atom is -0.302 e. The van der Waals surface area contributed by atoms with Crippen LogP contribution in [0.2, 0.25) is 0 Å². The van der Waals surface area contributed by atoms with Gasteiger partial charge in [0.2, 0.25) is 0 Å². The lowest BCUT2D eigenvalue weighted by molar-refractivity contribution is 0.123. The van der Waals surface area contributed by atoms with Crippen LogP contribution in [0.15, 0.2) is 11.6 Å². The van der Waals surface area contributed by atoms with Crippen molar-refractivity contribution in [3.05, 3.63) is 16.6 Å². The zero-order chi connectivity index (χ0) is 16.4. The molecular weight excluding hydrogens is 316 g/mol. The molecule has 1 aromatic rings. The maximum Gasteiger partial charge on any atom is 0.107 e. The van der Waals surface area contributed by atoms with Crippen molar-refractivity contribution < 1.29 is 0 Å². The summed E-state index contributed by atoms with van der Waals surface area (Å²) >= 11 is 1.79. The highest BCUT2D eigenvalue weighted by atomic mass is 32.1. The molecule has 0 aromatic carbocycles. The van der Waals surface area contributed by atoms with Gasteiger partial charge in [-0.25, -0.2) is 4.98 Å². The standard InChI is InChI=1S/C19H32N4S/c1-21(16-18-20-7-14-24-18)17-15-19(17)5-10-23(11-6-19)13-12-22-8-3-2-4-9-22/h7,14,17H,2-6,8-13,15-16H2,1H3. The summed E-state index contributed by atoms with van der Waals surface area (Å²) in [4.78, 5) is 12.4. The lowest BCUT2D eigenvalue weighted by Crippen LogP contribution is -2.42. The maximum atomic E-state index is 4.44. The van der Waals surface area contributed by atoms with Gasteiger partial charge in [0.15, 0.2) is 0 Å². The largest absolute Gasteiger partial charge is 0.302 e. The first kappa shape index (κ1) is 17.0. The van der Waals surface area contributed by atoms with Crippen molar-refractivity contribution in [2.24, 2.45) is 5.41 Å². The highest BCUT2D eigenvalue weighted by Crippen LogP contribution is 2.56. The normalized spacial score (nSPS) is 27.8. The van der Waals surface area contributed by atoms with Crippen molar-refractivity contribution in [3.63, 3.8) is 0 Å². The van der Waals surface area contributed by atoms with Gasteiger partial charge in [0.25, 0.3) is 0 Å². The van der Waals surface area contributed by atoms with Gasteiger partial charge in [0, 0.05) is 30.7 Å². The van der Waals surface area contributed by atoms with Crippen molar-refractivity contribution in [2.75, 3.05) is 46.3 Å². The van der Waals surface area contributed by atoms with Crippen LogP contribution in [-0.2, 0) is 6.54 Å². The lowest BCUT2D eigenvalue weighted by atomic mass is 9.92. The number of rotatable bonds is 6. The quantitative estimate of drug-likeness (QED) is 0.788. The third-order valence-corrected chi connectivity index (χ3v) is 7.34. The molecule has 2 saturated heterocycles. The van der Waals surface area contributed by atoms with Crippen LogP contribution in [0.25, 0.3) is 0 Å². The molecule has 3 aliphatic rings. The lowest BCUT2D eigenvalue weighted by Gasteiger charge is -2.36. The summed E-state index contributed by atoms with van der Waals surface area (Å²) in [5.41, 5.74) is 0.633. The van der Waals surface area contributed by atoms with E-state index in [9.17, 15) is 0 Å². The van der Waals surface area contributed by atoms with Gasteiger partial charge >= 0.3 is 0 Å². The second-order valence-electron chi connectivity index (χ2n) is 8.17. The highest BCUT2D eigenvalue weighted by Gasteiger charge is 2.56. The molecule has 1 spiro atoms. The minimum absolute atomic E-state index is 0.633. The topological polar surface area (TPSA) is 22.6 Å². The number of thiazole rings is 1. The second kappa shape index (κ2) is 7.40. The molecule has 1 saturated carbocycles. The third kappa shape index (κ3) is 3.85. The van der Waals surface area contributed by atoms with Crippen LogP contribution < -0.4 is 0 Å². The fraction of sp³-hybridized carbons (Fsp3) is 0.842. The van der Waals surface area contributed by atoms with E-state index < -0.39 is 0 Å². The molecule has 0 radical (unpaired) electrons. The SMILES string of the molecule is CN(Cc1nccs1)C1CC12CCN(CCN1CCCCC1)CC2. The van der Waals surface area contributed by atoms with Gasteiger partial charge in [0.1, 0.15) is 5.01 Å². The van der Waals surface area contributed by atoms with Gasteiger partial charge in [0.05, 0.1) is 6.54 Å². The zero-order valence-corrected chi connectivity index (χ0v) is 15.9. The van der Waals surface area contributed by atoms with Gasteiger partial charge in [-0.1, -0.05) is 6.42 Å². The van der Waals surface area contributed by atoms with Gasteiger partial charge in [-0.05, 0) is 70.7 Å². The zero-order valence-electron chi connectivity index (χ0n) is 15.1. The van der Waals surface area contributed by atoms with Crippen molar-refractivity contribution in [3.8, 4) is 0 Å². The van der Waals surface area contributed by atoms with E-state index in [1.54, 1.807) is 11.3 Å². The van der Waals surface area contributed by atoms with Crippen molar-refractivity contribution in [1.82, 2.24) is 19.7 Å². The van der Waals surface area contributed by atoms with Crippen molar-refractivity contribution in [2.45, 2.75) is 51.1 Å². The summed E-state index contributed by atoms with van der Waals surface area (Å²) in [6.07, 6.45) is 10.4. The molecular formula is C19H32N4S. The average Bonchev–Trinajstić information content (AvgIpc) is 3.07. The van der Waals surface area contributed by atoms with E-state index in [4.69, 9.17) is 0 Å². The minimum atomic E-state index is 0.633. The number of hydrogen-bond donors (Lipinski definition) is 0.